The molecule has 1 saturated heterocycles. The van der Waals surface area contributed by atoms with Gasteiger partial charge in [0.25, 0.3) is 0 Å². The number of sulfonamides is 1. The average Bonchev–Trinajstić information content (AvgIpc) is 2.86. The smallest absolute Gasteiger partial charge is 0.223 e. The largest absolute Gasteiger partial charge is 0.353 e. The first-order valence-electron chi connectivity index (χ1n) is 7.37. The van der Waals surface area contributed by atoms with Crippen molar-refractivity contribution in [1.29, 1.82) is 0 Å². The molecule has 1 amide bonds. The van der Waals surface area contributed by atoms with Crippen molar-refractivity contribution < 1.29 is 13.2 Å². The van der Waals surface area contributed by atoms with Crippen molar-refractivity contribution in [1.82, 2.24) is 9.62 Å². The van der Waals surface area contributed by atoms with Crippen LogP contribution >= 0.6 is 0 Å². The minimum Gasteiger partial charge on any atom is -0.353 e. The number of hydrogen-bond acceptors (Lipinski definition) is 4. The van der Waals surface area contributed by atoms with Crippen molar-refractivity contribution >= 4 is 15.9 Å². The molecule has 0 bridgehead atoms. The van der Waals surface area contributed by atoms with Crippen molar-refractivity contribution in [3.63, 3.8) is 0 Å². The maximum absolute atomic E-state index is 12.3. The molecule has 20 heavy (non-hydrogen) atoms. The summed E-state index contributed by atoms with van der Waals surface area (Å²) >= 11 is 0. The Morgan fingerprint density at radius 3 is 2.45 bits per heavy atom. The summed E-state index contributed by atoms with van der Waals surface area (Å²) < 4.78 is 24.3. The highest BCUT2D eigenvalue weighted by atomic mass is 32.2. The van der Waals surface area contributed by atoms with E-state index in [9.17, 15) is 13.2 Å². The van der Waals surface area contributed by atoms with Crippen molar-refractivity contribution in [2.75, 3.05) is 25.9 Å². The van der Waals surface area contributed by atoms with Crippen molar-refractivity contribution in [2.24, 2.45) is 17.6 Å². The molecule has 2 fully saturated rings. The number of carbonyl (C=O) groups is 1. The molecule has 0 aromatic heterocycles. The first-order valence-corrected chi connectivity index (χ1v) is 9.22. The molecular weight excluding hydrogens is 278 g/mol. The Morgan fingerprint density at radius 1 is 1.25 bits per heavy atom. The molecule has 1 saturated carbocycles. The molecule has 2 rings (SSSR count). The van der Waals surface area contributed by atoms with E-state index in [1.54, 1.807) is 0 Å². The van der Waals surface area contributed by atoms with Crippen LogP contribution in [0, 0.1) is 11.8 Å². The van der Waals surface area contributed by atoms with Crippen LogP contribution in [-0.2, 0) is 14.8 Å². The van der Waals surface area contributed by atoms with Crippen LogP contribution in [0.4, 0.5) is 0 Å². The standard InChI is InChI=1S/C13H25N3O3S/c1-20(18,19)16-7-5-11(6-8-16)15-13(17)12-4-2-3-10(12)9-14/h10-12H,2-9,14H2,1H3,(H,15,17). The van der Waals surface area contributed by atoms with E-state index in [0.717, 1.165) is 19.3 Å². The summed E-state index contributed by atoms with van der Waals surface area (Å²) in [5.74, 6) is 0.467. The molecule has 7 heteroatoms. The maximum Gasteiger partial charge on any atom is 0.223 e. The Hall–Kier alpha value is -0.660. The van der Waals surface area contributed by atoms with E-state index in [2.05, 4.69) is 5.32 Å². The quantitative estimate of drug-likeness (QED) is 0.758. The van der Waals surface area contributed by atoms with Gasteiger partial charge in [-0.25, -0.2) is 12.7 Å². The summed E-state index contributed by atoms with van der Waals surface area (Å²) in [5, 5.41) is 3.08. The second-order valence-electron chi connectivity index (χ2n) is 5.98. The molecule has 1 aliphatic carbocycles. The minimum absolute atomic E-state index is 0.0490. The number of carbonyl (C=O) groups excluding carboxylic acids is 1. The fraction of sp³-hybridized carbons (Fsp3) is 0.923. The van der Waals surface area contributed by atoms with Gasteiger partial charge in [-0.15, -0.1) is 0 Å². The van der Waals surface area contributed by atoms with Gasteiger partial charge >= 0.3 is 0 Å². The zero-order valence-corrected chi connectivity index (χ0v) is 12.9. The van der Waals surface area contributed by atoms with Crippen molar-refractivity contribution in [2.45, 2.75) is 38.1 Å². The third-order valence-corrected chi connectivity index (χ3v) is 5.87. The SMILES string of the molecule is CS(=O)(=O)N1CCC(NC(=O)C2CCCC2CN)CC1. The van der Waals surface area contributed by atoms with E-state index in [1.165, 1.54) is 10.6 Å². The molecule has 2 unspecified atom stereocenters. The van der Waals surface area contributed by atoms with Crippen LogP contribution in [0.1, 0.15) is 32.1 Å². The van der Waals surface area contributed by atoms with E-state index in [-0.39, 0.29) is 17.9 Å². The van der Waals surface area contributed by atoms with Gasteiger partial charge in [0.15, 0.2) is 0 Å². The third-order valence-electron chi connectivity index (χ3n) is 4.57. The van der Waals surface area contributed by atoms with Gasteiger partial charge in [0.05, 0.1) is 6.26 Å². The van der Waals surface area contributed by atoms with E-state index in [0.29, 0.717) is 38.4 Å². The lowest BCUT2D eigenvalue weighted by molar-refractivity contribution is -0.126. The van der Waals surface area contributed by atoms with Crippen LogP contribution in [0.2, 0.25) is 0 Å². The summed E-state index contributed by atoms with van der Waals surface area (Å²) in [6, 6.07) is 0.0968. The van der Waals surface area contributed by atoms with Crippen LogP contribution in [0.3, 0.4) is 0 Å². The molecule has 0 radical (unpaired) electrons. The van der Waals surface area contributed by atoms with Gasteiger partial charge in [-0.2, -0.15) is 0 Å². The molecule has 1 heterocycles. The minimum atomic E-state index is -3.10. The molecule has 6 nitrogen and oxygen atoms in total. The van der Waals surface area contributed by atoms with E-state index < -0.39 is 10.0 Å². The predicted octanol–water partition coefficient (Wildman–Crippen LogP) is -0.0984. The Morgan fingerprint density at radius 2 is 1.90 bits per heavy atom. The van der Waals surface area contributed by atoms with Crippen LogP contribution in [0.15, 0.2) is 0 Å². The molecule has 116 valence electrons. The third kappa shape index (κ3) is 3.71. The highest BCUT2D eigenvalue weighted by Gasteiger charge is 2.34. The van der Waals surface area contributed by atoms with Gasteiger partial charge in [0.2, 0.25) is 15.9 Å². The lowest BCUT2D eigenvalue weighted by atomic mass is 9.94. The topological polar surface area (TPSA) is 92.5 Å². The number of piperidine rings is 1. The zero-order valence-electron chi connectivity index (χ0n) is 12.0. The molecule has 2 atom stereocenters. The van der Waals surface area contributed by atoms with Crippen LogP contribution < -0.4 is 11.1 Å². The monoisotopic (exact) mass is 303 g/mol. The van der Waals surface area contributed by atoms with Gasteiger partial charge < -0.3 is 11.1 Å². The summed E-state index contributed by atoms with van der Waals surface area (Å²) in [6.45, 7) is 1.56. The van der Waals surface area contributed by atoms with Gasteiger partial charge in [0, 0.05) is 25.0 Å². The number of amides is 1. The lowest BCUT2D eigenvalue weighted by Crippen LogP contribution is -2.48. The molecule has 0 aromatic rings. The second kappa shape index (κ2) is 6.41. The molecule has 0 spiro atoms. The van der Waals surface area contributed by atoms with Gasteiger partial charge in [-0.3, -0.25) is 4.79 Å². The number of rotatable bonds is 4. The molecular formula is C13H25N3O3S. The first-order chi connectivity index (χ1) is 9.41. The van der Waals surface area contributed by atoms with Crippen molar-refractivity contribution in [3.05, 3.63) is 0 Å². The number of nitrogens with zero attached hydrogens (tertiary/aromatic N) is 1. The van der Waals surface area contributed by atoms with Crippen molar-refractivity contribution in [3.8, 4) is 0 Å². The number of nitrogens with one attached hydrogen (secondary N) is 1. The summed E-state index contributed by atoms with van der Waals surface area (Å²) in [7, 11) is -3.10. The normalized spacial score (nSPS) is 29.5. The Labute approximate surface area is 121 Å². The lowest BCUT2D eigenvalue weighted by Gasteiger charge is -2.31. The molecule has 3 N–H and O–H groups in total. The second-order valence-corrected chi connectivity index (χ2v) is 7.96. The van der Waals surface area contributed by atoms with Gasteiger partial charge in [0.1, 0.15) is 0 Å². The Bertz CT molecular complexity index is 444. The van der Waals surface area contributed by atoms with Crippen LogP contribution in [-0.4, -0.2) is 50.6 Å². The highest BCUT2D eigenvalue weighted by Crippen LogP contribution is 2.31. The molecule has 2 aliphatic rings. The summed E-state index contributed by atoms with van der Waals surface area (Å²) in [6.07, 6.45) is 5.66. The first kappa shape index (κ1) is 15.7. The van der Waals surface area contributed by atoms with Crippen LogP contribution in [0.5, 0.6) is 0 Å². The highest BCUT2D eigenvalue weighted by molar-refractivity contribution is 7.88. The summed E-state index contributed by atoms with van der Waals surface area (Å²) in [4.78, 5) is 12.3. The Kier molecular flexibility index (Phi) is 5.04. The maximum atomic E-state index is 12.3. The van der Waals surface area contributed by atoms with Gasteiger partial charge in [-0.1, -0.05) is 6.42 Å². The fourth-order valence-electron chi connectivity index (χ4n) is 3.30. The van der Waals surface area contributed by atoms with E-state index in [4.69, 9.17) is 5.73 Å². The zero-order chi connectivity index (χ0) is 14.8. The fourth-order valence-corrected chi connectivity index (χ4v) is 4.18. The van der Waals surface area contributed by atoms with Crippen LogP contribution in [0.25, 0.3) is 0 Å². The predicted molar refractivity (Wildman–Crippen MR) is 77.5 cm³/mol. The Balaban J connectivity index is 1.82. The van der Waals surface area contributed by atoms with Gasteiger partial charge in [-0.05, 0) is 38.1 Å². The van der Waals surface area contributed by atoms with E-state index in [1.807, 2.05) is 0 Å². The molecule has 0 aromatic carbocycles. The summed E-state index contributed by atoms with van der Waals surface area (Å²) in [5.41, 5.74) is 5.71. The van der Waals surface area contributed by atoms with E-state index >= 15 is 0 Å². The number of nitrogens with two attached hydrogens (primary N) is 1. The molecule has 1 aliphatic heterocycles. The number of hydrogen-bond donors (Lipinski definition) is 2. The average molecular weight is 303 g/mol.